The predicted octanol–water partition coefficient (Wildman–Crippen LogP) is 2.90. The second-order valence-electron chi connectivity index (χ2n) is 5.26. The molecule has 0 bridgehead atoms. The Labute approximate surface area is 130 Å². The molecule has 112 valence electrons. The summed E-state index contributed by atoms with van der Waals surface area (Å²) < 4.78 is 9.57. The summed E-state index contributed by atoms with van der Waals surface area (Å²) in [6.07, 6.45) is 1.93. The Morgan fingerprint density at radius 2 is 1.86 bits per heavy atom. The number of halogens is 1. The van der Waals surface area contributed by atoms with Crippen LogP contribution in [0.5, 0.6) is 11.6 Å². The number of benzene rings is 1. The van der Waals surface area contributed by atoms with E-state index in [0.717, 1.165) is 22.9 Å². The molecule has 21 heavy (non-hydrogen) atoms. The van der Waals surface area contributed by atoms with Gasteiger partial charge in [0.25, 0.3) is 5.56 Å². The van der Waals surface area contributed by atoms with E-state index in [1.54, 1.807) is 16.5 Å². The number of ether oxygens (including phenoxy) is 1. The van der Waals surface area contributed by atoms with Crippen LogP contribution in [0.4, 0.5) is 0 Å². The molecule has 0 amide bonds. The molecular formula is C15H17BrN2O3. The van der Waals surface area contributed by atoms with Crippen molar-refractivity contribution in [3.63, 3.8) is 0 Å². The van der Waals surface area contributed by atoms with Crippen LogP contribution in [0.25, 0.3) is 11.1 Å². The maximum atomic E-state index is 12.7. The maximum Gasteiger partial charge on any atom is 0.278 e. The average Bonchev–Trinajstić information content (AvgIpc) is 2.71. The molecule has 1 N–H and O–H groups in total. The molecule has 0 fully saturated rings. The first kappa shape index (κ1) is 14.3. The zero-order chi connectivity index (χ0) is 15.1. The standard InChI is InChI=1S/C15H17BrN2O3/c1-9-7-10(16)8-11(21-2)12(9)13-14(19)17-5-3-4-6-18(17)15(13)20/h7-8,19H,3-6H2,1-2H3. The molecule has 0 radical (unpaired) electrons. The summed E-state index contributed by atoms with van der Waals surface area (Å²) in [5, 5.41) is 10.5. The van der Waals surface area contributed by atoms with Crippen molar-refractivity contribution in [2.75, 3.05) is 7.11 Å². The van der Waals surface area contributed by atoms with Crippen molar-refractivity contribution in [3.8, 4) is 22.8 Å². The van der Waals surface area contributed by atoms with E-state index in [1.165, 1.54) is 0 Å². The first-order valence-electron chi connectivity index (χ1n) is 6.91. The number of rotatable bonds is 2. The molecule has 6 heteroatoms. The van der Waals surface area contributed by atoms with E-state index >= 15 is 0 Å². The maximum absolute atomic E-state index is 12.7. The van der Waals surface area contributed by atoms with Crippen LogP contribution in [-0.2, 0) is 13.1 Å². The van der Waals surface area contributed by atoms with Crippen molar-refractivity contribution in [1.29, 1.82) is 0 Å². The Bertz CT molecular complexity index is 761. The molecule has 1 aliphatic rings. The number of methoxy groups -OCH3 is 1. The van der Waals surface area contributed by atoms with Gasteiger partial charge in [-0.05, 0) is 37.5 Å². The smallest absolute Gasteiger partial charge is 0.278 e. The first-order chi connectivity index (χ1) is 10.0. The van der Waals surface area contributed by atoms with Crippen molar-refractivity contribution in [2.24, 2.45) is 0 Å². The molecule has 2 heterocycles. The minimum absolute atomic E-state index is 0.0309. The summed E-state index contributed by atoms with van der Waals surface area (Å²) in [5.74, 6) is 0.612. The number of hydrogen-bond acceptors (Lipinski definition) is 3. The Morgan fingerprint density at radius 3 is 2.48 bits per heavy atom. The lowest BCUT2D eigenvalue weighted by atomic mass is 10.0. The zero-order valence-electron chi connectivity index (χ0n) is 12.0. The van der Waals surface area contributed by atoms with Gasteiger partial charge in [0.1, 0.15) is 11.3 Å². The van der Waals surface area contributed by atoms with Crippen LogP contribution in [0, 0.1) is 6.92 Å². The van der Waals surface area contributed by atoms with Crippen LogP contribution in [0.2, 0.25) is 0 Å². The number of fused-ring (bicyclic) bond motifs is 1. The van der Waals surface area contributed by atoms with E-state index in [1.807, 2.05) is 19.1 Å². The van der Waals surface area contributed by atoms with Gasteiger partial charge in [0.2, 0.25) is 5.88 Å². The number of hydrogen-bond donors (Lipinski definition) is 1. The minimum atomic E-state index is -0.157. The highest BCUT2D eigenvalue weighted by Gasteiger charge is 2.26. The van der Waals surface area contributed by atoms with Crippen LogP contribution < -0.4 is 10.3 Å². The fourth-order valence-corrected chi connectivity index (χ4v) is 3.51. The first-order valence-corrected chi connectivity index (χ1v) is 7.71. The van der Waals surface area contributed by atoms with Crippen molar-refractivity contribution in [3.05, 3.63) is 32.5 Å². The summed E-state index contributed by atoms with van der Waals surface area (Å²) in [5.41, 5.74) is 1.73. The largest absolute Gasteiger partial charge is 0.496 e. The summed E-state index contributed by atoms with van der Waals surface area (Å²) in [7, 11) is 1.56. The van der Waals surface area contributed by atoms with Crippen molar-refractivity contribution >= 4 is 15.9 Å². The molecular weight excluding hydrogens is 336 g/mol. The molecule has 5 nitrogen and oxygen atoms in total. The number of aromatic hydroxyl groups is 1. The Kier molecular flexibility index (Phi) is 3.57. The van der Waals surface area contributed by atoms with E-state index in [4.69, 9.17) is 4.74 Å². The normalized spacial score (nSPS) is 14.0. The summed E-state index contributed by atoms with van der Waals surface area (Å²) >= 11 is 3.42. The third-order valence-electron chi connectivity index (χ3n) is 3.93. The fraction of sp³-hybridized carbons (Fsp3) is 0.400. The minimum Gasteiger partial charge on any atom is -0.496 e. The van der Waals surface area contributed by atoms with Crippen molar-refractivity contribution < 1.29 is 9.84 Å². The topological polar surface area (TPSA) is 56.4 Å². The number of aryl methyl sites for hydroxylation is 1. The summed E-state index contributed by atoms with van der Waals surface area (Å²) in [4.78, 5) is 12.7. The summed E-state index contributed by atoms with van der Waals surface area (Å²) in [6.45, 7) is 3.21. The van der Waals surface area contributed by atoms with Gasteiger partial charge >= 0.3 is 0 Å². The Hall–Kier alpha value is -1.69. The lowest BCUT2D eigenvalue weighted by Gasteiger charge is -2.16. The second kappa shape index (κ2) is 5.26. The van der Waals surface area contributed by atoms with E-state index in [9.17, 15) is 9.90 Å². The van der Waals surface area contributed by atoms with Gasteiger partial charge < -0.3 is 9.84 Å². The molecule has 0 atom stereocenters. The van der Waals surface area contributed by atoms with Gasteiger partial charge in [-0.1, -0.05) is 15.9 Å². The fourth-order valence-electron chi connectivity index (χ4n) is 2.96. The van der Waals surface area contributed by atoms with Gasteiger partial charge in [-0.25, -0.2) is 4.68 Å². The van der Waals surface area contributed by atoms with E-state index in [-0.39, 0.29) is 11.4 Å². The van der Waals surface area contributed by atoms with Gasteiger partial charge in [-0.2, -0.15) is 0 Å². The lowest BCUT2D eigenvalue weighted by Crippen LogP contribution is -2.27. The van der Waals surface area contributed by atoms with Crippen LogP contribution in [0.1, 0.15) is 18.4 Å². The molecule has 0 aliphatic carbocycles. The second-order valence-corrected chi connectivity index (χ2v) is 6.17. The van der Waals surface area contributed by atoms with Gasteiger partial charge in [0, 0.05) is 23.1 Å². The van der Waals surface area contributed by atoms with Crippen LogP contribution in [0.3, 0.4) is 0 Å². The van der Waals surface area contributed by atoms with E-state index in [0.29, 0.717) is 30.0 Å². The highest BCUT2D eigenvalue weighted by molar-refractivity contribution is 9.10. The molecule has 2 aromatic rings. The Balaban J connectivity index is 2.32. The van der Waals surface area contributed by atoms with Crippen molar-refractivity contribution in [1.82, 2.24) is 9.36 Å². The molecule has 1 aromatic heterocycles. The van der Waals surface area contributed by atoms with Gasteiger partial charge in [0.05, 0.1) is 7.11 Å². The van der Waals surface area contributed by atoms with Gasteiger partial charge in [-0.3, -0.25) is 9.48 Å². The number of nitrogens with zero attached hydrogens (tertiary/aromatic N) is 2. The summed E-state index contributed by atoms with van der Waals surface area (Å²) in [6, 6.07) is 3.72. The quantitative estimate of drug-likeness (QED) is 0.903. The van der Waals surface area contributed by atoms with E-state index < -0.39 is 0 Å². The third kappa shape index (κ3) is 2.18. The highest BCUT2D eigenvalue weighted by atomic mass is 79.9. The van der Waals surface area contributed by atoms with E-state index in [2.05, 4.69) is 15.9 Å². The molecule has 3 rings (SSSR count). The number of aromatic nitrogens is 2. The highest BCUT2D eigenvalue weighted by Crippen LogP contribution is 2.39. The van der Waals surface area contributed by atoms with Crippen LogP contribution >= 0.6 is 15.9 Å². The average molecular weight is 353 g/mol. The zero-order valence-corrected chi connectivity index (χ0v) is 13.6. The monoisotopic (exact) mass is 352 g/mol. The lowest BCUT2D eigenvalue weighted by molar-refractivity contribution is 0.305. The van der Waals surface area contributed by atoms with Gasteiger partial charge in [0.15, 0.2) is 0 Å². The Morgan fingerprint density at radius 1 is 1.19 bits per heavy atom. The molecule has 0 spiro atoms. The van der Waals surface area contributed by atoms with Crippen LogP contribution in [-0.4, -0.2) is 21.6 Å². The molecule has 0 unspecified atom stereocenters. The van der Waals surface area contributed by atoms with Crippen LogP contribution in [0.15, 0.2) is 21.4 Å². The van der Waals surface area contributed by atoms with Crippen molar-refractivity contribution in [2.45, 2.75) is 32.9 Å². The molecule has 0 saturated heterocycles. The molecule has 1 aromatic carbocycles. The predicted molar refractivity (Wildman–Crippen MR) is 84.0 cm³/mol. The molecule has 1 aliphatic heterocycles. The molecule has 0 saturated carbocycles. The third-order valence-corrected chi connectivity index (χ3v) is 4.39. The SMILES string of the molecule is COc1cc(Br)cc(C)c1-c1c(O)n2n(c1=O)CCCC2. The van der Waals surface area contributed by atoms with Gasteiger partial charge in [-0.15, -0.1) is 0 Å².